The van der Waals surface area contributed by atoms with Crippen molar-refractivity contribution in [2.45, 2.75) is 6.18 Å². The molecule has 2 aromatic rings. The number of methoxy groups -OCH3 is 1. The summed E-state index contributed by atoms with van der Waals surface area (Å²) in [6.07, 6.45) is -1.11. The van der Waals surface area contributed by atoms with Crippen LogP contribution in [-0.2, 0) is 11.0 Å². The summed E-state index contributed by atoms with van der Waals surface area (Å²) in [5.41, 5.74) is 0.749. The van der Waals surface area contributed by atoms with Crippen LogP contribution in [0.25, 0.3) is 6.08 Å². The Morgan fingerprint density at radius 3 is 2.32 bits per heavy atom. The summed E-state index contributed by atoms with van der Waals surface area (Å²) in [6, 6.07) is 12.6. The Labute approximate surface area is 161 Å². The maximum atomic E-state index is 12.9. The highest BCUT2D eigenvalue weighted by atomic mass is 19.4. The molecule has 3 rings (SSSR count). The molecule has 1 saturated heterocycles. The summed E-state index contributed by atoms with van der Waals surface area (Å²) >= 11 is 0. The molecule has 28 heavy (non-hydrogen) atoms. The van der Waals surface area contributed by atoms with E-state index in [2.05, 4.69) is 0 Å². The third-order valence-electron chi connectivity index (χ3n) is 4.66. The lowest BCUT2D eigenvalue weighted by molar-refractivity contribution is -0.137. The Hall–Kier alpha value is -2.96. The lowest BCUT2D eigenvalue weighted by atomic mass is 10.1. The van der Waals surface area contributed by atoms with Crippen molar-refractivity contribution in [1.29, 1.82) is 0 Å². The van der Waals surface area contributed by atoms with Crippen LogP contribution in [0.3, 0.4) is 0 Å². The van der Waals surface area contributed by atoms with E-state index < -0.39 is 11.7 Å². The van der Waals surface area contributed by atoms with E-state index in [-0.39, 0.29) is 5.91 Å². The van der Waals surface area contributed by atoms with Crippen molar-refractivity contribution in [2.75, 3.05) is 38.2 Å². The van der Waals surface area contributed by atoms with Crippen LogP contribution in [0.2, 0.25) is 0 Å². The number of halogens is 3. The third-order valence-corrected chi connectivity index (χ3v) is 4.66. The fraction of sp³-hybridized carbons (Fsp3) is 0.286. The fourth-order valence-electron chi connectivity index (χ4n) is 3.05. The van der Waals surface area contributed by atoms with Crippen molar-refractivity contribution in [2.24, 2.45) is 0 Å². The number of hydrogen-bond acceptors (Lipinski definition) is 3. The summed E-state index contributed by atoms with van der Waals surface area (Å²) in [5, 5.41) is 0. The molecule has 0 bridgehead atoms. The zero-order valence-electron chi connectivity index (χ0n) is 15.4. The van der Waals surface area contributed by atoms with E-state index in [1.165, 1.54) is 12.1 Å². The lowest BCUT2D eigenvalue weighted by Crippen LogP contribution is -2.48. The number of nitrogens with zero attached hydrogens (tertiary/aromatic N) is 2. The normalized spacial score (nSPS) is 15.1. The molecule has 1 heterocycles. The first-order valence-electron chi connectivity index (χ1n) is 8.90. The molecule has 0 saturated carbocycles. The molecule has 2 aromatic carbocycles. The predicted molar refractivity (Wildman–Crippen MR) is 102 cm³/mol. The molecule has 0 radical (unpaired) electrons. The molecule has 0 aromatic heterocycles. The number of anilines is 1. The van der Waals surface area contributed by atoms with Gasteiger partial charge in [-0.1, -0.05) is 18.2 Å². The van der Waals surface area contributed by atoms with E-state index in [0.717, 1.165) is 23.4 Å². The van der Waals surface area contributed by atoms with Crippen LogP contribution in [0, 0.1) is 0 Å². The second kappa shape index (κ2) is 8.37. The molecule has 1 fully saturated rings. The minimum absolute atomic E-state index is 0.112. The van der Waals surface area contributed by atoms with Crippen LogP contribution in [0.4, 0.5) is 18.9 Å². The number of hydrogen-bond donors (Lipinski definition) is 0. The maximum absolute atomic E-state index is 12.9. The van der Waals surface area contributed by atoms with E-state index in [9.17, 15) is 18.0 Å². The average molecular weight is 390 g/mol. The predicted octanol–water partition coefficient (Wildman–Crippen LogP) is 4.08. The quantitative estimate of drug-likeness (QED) is 0.738. The highest BCUT2D eigenvalue weighted by Gasteiger charge is 2.31. The van der Waals surface area contributed by atoms with E-state index in [1.807, 2.05) is 29.2 Å². The summed E-state index contributed by atoms with van der Waals surface area (Å²) in [5.74, 6) is 0.633. The van der Waals surface area contributed by atoms with Gasteiger partial charge >= 0.3 is 6.18 Å². The van der Waals surface area contributed by atoms with Gasteiger partial charge in [0.15, 0.2) is 0 Å². The number of rotatable bonds is 4. The Morgan fingerprint density at radius 1 is 1.04 bits per heavy atom. The van der Waals surface area contributed by atoms with Gasteiger partial charge in [0.1, 0.15) is 5.75 Å². The number of piperazine rings is 1. The topological polar surface area (TPSA) is 32.8 Å². The molecule has 148 valence electrons. The standard InChI is InChI=1S/C21H21F3N2O2/c1-28-19-8-5-16(6-9-19)7-10-20(27)26-13-11-25(12-14-26)18-4-2-3-17(15-18)21(22,23)24/h2-10,15H,11-14H2,1H3. The molecule has 1 aliphatic heterocycles. The van der Waals surface area contributed by atoms with Gasteiger partial charge in [0.05, 0.1) is 12.7 Å². The Balaban J connectivity index is 1.57. The van der Waals surface area contributed by atoms with Gasteiger partial charge < -0.3 is 14.5 Å². The maximum Gasteiger partial charge on any atom is 0.416 e. The van der Waals surface area contributed by atoms with Crippen LogP contribution in [-0.4, -0.2) is 44.1 Å². The number of benzene rings is 2. The number of amides is 1. The van der Waals surface area contributed by atoms with Crippen LogP contribution < -0.4 is 9.64 Å². The smallest absolute Gasteiger partial charge is 0.416 e. The van der Waals surface area contributed by atoms with Gasteiger partial charge in [-0.3, -0.25) is 4.79 Å². The SMILES string of the molecule is COc1ccc(C=CC(=O)N2CCN(c3cccc(C(F)(F)F)c3)CC2)cc1. The van der Waals surface area contributed by atoms with Crippen molar-refractivity contribution in [3.63, 3.8) is 0 Å². The van der Waals surface area contributed by atoms with Crippen LogP contribution in [0.15, 0.2) is 54.6 Å². The first kappa shape index (κ1) is 19.8. The van der Waals surface area contributed by atoms with Gasteiger partial charge in [-0.2, -0.15) is 13.2 Å². The largest absolute Gasteiger partial charge is 0.497 e. The minimum atomic E-state index is -4.36. The van der Waals surface area contributed by atoms with Crippen LogP contribution in [0.1, 0.15) is 11.1 Å². The molecule has 4 nitrogen and oxygen atoms in total. The van der Waals surface area contributed by atoms with Crippen molar-refractivity contribution in [3.05, 3.63) is 65.7 Å². The Kier molecular flexibility index (Phi) is 5.92. The zero-order chi connectivity index (χ0) is 20.1. The summed E-state index contributed by atoms with van der Waals surface area (Å²) in [7, 11) is 1.59. The van der Waals surface area contributed by atoms with E-state index in [0.29, 0.717) is 31.9 Å². The van der Waals surface area contributed by atoms with Crippen LogP contribution in [0.5, 0.6) is 5.75 Å². The average Bonchev–Trinajstić information content (AvgIpc) is 2.72. The fourth-order valence-corrected chi connectivity index (χ4v) is 3.05. The molecule has 0 N–H and O–H groups in total. The zero-order valence-corrected chi connectivity index (χ0v) is 15.4. The second-order valence-corrected chi connectivity index (χ2v) is 6.47. The van der Waals surface area contributed by atoms with Crippen molar-refractivity contribution >= 4 is 17.7 Å². The molecule has 0 unspecified atom stereocenters. The van der Waals surface area contributed by atoms with E-state index in [4.69, 9.17) is 4.74 Å². The van der Waals surface area contributed by atoms with Gasteiger partial charge in [-0.25, -0.2) is 0 Å². The lowest BCUT2D eigenvalue weighted by Gasteiger charge is -2.35. The highest BCUT2D eigenvalue weighted by Crippen LogP contribution is 2.31. The number of alkyl halides is 3. The van der Waals surface area contributed by atoms with Crippen molar-refractivity contribution < 1.29 is 22.7 Å². The van der Waals surface area contributed by atoms with Gasteiger partial charge in [-0.05, 0) is 42.0 Å². The van der Waals surface area contributed by atoms with Crippen LogP contribution >= 0.6 is 0 Å². The molecular weight excluding hydrogens is 369 g/mol. The minimum Gasteiger partial charge on any atom is -0.497 e. The first-order valence-corrected chi connectivity index (χ1v) is 8.90. The third kappa shape index (κ3) is 4.85. The first-order chi connectivity index (χ1) is 13.4. The van der Waals surface area contributed by atoms with Gasteiger partial charge in [-0.15, -0.1) is 0 Å². The van der Waals surface area contributed by atoms with Gasteiger partial charge in [0, 0.05) is 37.9 Å². The Morgan fingerprint density at radius 2 is 1.71 bits per heavy atom. The monoisotopic (exact) mass is 390 g/mol. The van der Waals surface area contributed by atoms with E-state index in [1.54, 1.807) is 24.2 Å². The number of carbonyl (C=O) groups is 1. The molecule has 7 heteroatoms. The summed E-state index contributed by atoms with van der Waals surface area (Å²) in [6.45, 7) is 1.90. The molecule has 1 aliphatic rings. The molecular formula is C21H21F3N2O2. The summed E-state index contributed by atoms with van der Waals surface area (Å²) in [4.78, 5) is 15.9. The van der Waals surface area contributed by atoms with E-state index >= 15 is 0 Å². The number of carbonyl (C=O) groups excluding carboxylic acids is 1. The molecule has 0 atom stereocenters. The second-order valence-electron chi connectivity index (χ2n) is 6.47. The van der Waals surface area contributed by atoms with Gasteiger partial charge in [0.25, 0.3) is 0 Å². The number of ether oxygens (including phenoxy) is 1. The molecule has 0 aliphatic carbocycles. The summed E-state index contributed by atoms with van der Waals surface area (Å²) < 4.78 is 43.7. The molecule has 0 spiro atoms. The molecule has 1 amide bonds. The van der Waals surface area contributed by atoms with Gasteiger partial charge in [0.2, 0.25) is 5.91 Å². The van der Waals surface area contributed by atoms with Crippen molar-refractivity contribution in [1.82, 2.24) is 4.90 Å². The Bertz CT molecular complexity index is 839. The highest BCUT2D eigenvalue weighted by molar-refractivity contribution is 5.92. The van der Waals surface area contributed by atoms with Crippen molar-refractivity contribution in [3.8, 4) is 5.75 Å².